The Kier molecular flexibility index (Phi) is 2.72. The van der Waals surface area contributed by atoms with Crippen molar-refractivity contribution in [1.29, 1.82) is 0 Å². The number of carbonyl (C=O) groups is 1. The van der Waals surface area contributed by atoms with Crippen molar-refractivity contribution in [2.24, 2.45) is 17.8 Å². The van der Waals surface area contributed by atoms with Crippen LogP contribution in [0.3, 0.4) is 0 Å². The van der Waals surface area contributed by atoms with Gasteiger partial charge >= 0.3 is 12.1 Å². The summed E-state index contributed by atoms with van der Waals surface area (Å²) in [6.45, 7) is 1.02. The van der Waals surface area contributed by atoms with E-state index in [2.05, 4.69) is 4.74 Å². The average molecular weight is 234 g/mol. The van der Waals surface area contributed by atoms with Crippen LogP contribution in [0, 0.1) is 17.8 Å². The standard InChI is InChI=1S/C11H13F3O2/c1-6(15)16-10(11(12,13)14)9-5-7-2-3-8(9)4-7/h2-3,7-10H,4-5H2,1H3. The van der Waals surface area contributed by atoms with Gasteiger partial charge < -0.3 is 4.74 Å². The predicted octanol–water partition coefficient (Wildman–Crippen LogP) is 2.69. The predicted molar refractivity (Wildman–Crippen MR) is 50.5 cm³/mol. The van der Waals surface area contributed by atoms with E-state index in [-0.39, 0.29) is 11.8 Å². The van der Waals surface area contributed by atoms with Crippen molar-refractivity contribution < 1.29 is 22.7 Å². The van der Waals surface area contributed by atoms with Crippen LogP contribution >= 0.6 is 0 Å². The van der Waals surface area contributed by atoms with E-state index in [1.54, 1.807) is 0 Å². The maximum Gasteiger partial charge on any atom is 0.425 e. The highest BCUT2D eigenvalue weighted by Gasteiger charge is 2.53. The van der Waals surface area contributed by atoms with E-state index in [1.165, 1.54) is 0 Å². The Morgan fingerprint density at radius 2 is 2.06 bits per heavy atom. The minimum Gasteiger partial charge on any atom is -0.453 e. The van der Waals surface area contributed by atoms with Crippen LogP contribution < -0.4 is 0 Å². The van der Waals surface area contributed by atoms with Crippen molar-refractivity contribution in [1.82, 2.24) is 0 Å². The van der Waals surface area contributed by atoms with Crippen molar-refractivity contribution in [2.45, 2.75) is 32.0 Å². The number of hydrogen-bond acceptors (Lipinski definition) is 2. The maximum absolute atomic E-state index is 12.8. The Hall–Kier alpha value is -1.00. The third-order valence-electron chi connectivity index (χ3n) is 3.33. The van der Waals surface area contributed by atoms with E-state index in [0.717, 1.165) is 13.3 Å². The fourth-order valence-electron chi connectivity index (χ4n) is 2.75. The summed E-state index contributed by atoms with van der Waals surface area (Å²) in [4.78, 5) is 10.7. The Labute approximate surface area is 91.5 Å². The molecule has 0 saturated heterocycles. The molecule has 2 nitrogen and oxygen atoms in total. The largest absolute Gasteiger partial charge is 0.453 e. The van der Waals surface area contributed by atoms with Gasteiger partial charge in [-0.25, -0.2) is 0 Å². The summed E-state index contributed by atoms with van der Waals surface area (Å²) in [6.07, 6.45) is -1.39. The zero-order chi connectivity index (χ0) is 11.9. The highest BCUT2D eigenvalue weighted by Crippen LogP contribution is 2.48. The Bertz CT molecular complexity index is 322. The number of allylic oxidation sites excluding steroid dienone is 2. The number of halogens is 3. The fourth-order valence-corrected chi connectivity index (χ4v) is 2.75. The number of carbonyl (C=O) groups excluding carboxylic acids is 1. The van der Waals surface area contributed by atoms with Gasteiger partial charge in [-0.3, -0.25) is 4.79 Å². The monoisotopic (exact) mass is 234 g/mol. The topological polar surface area (TPSA) is 26.3 Å². The van der Waals surface area contributed by atoms with E-state index >= 15 is 0 Å². The minimum absolute atomic E-state index is 0.0871. The highest BCUT2D eigenvalue weighted by molar-refractivity contribution is 5.66. The highest BCUT2D eigenvalue weighted by atomic mass is 19.4. The molecule has 2 rings (SSSR count). The second-order valence-electron chi connectivity index (χ2n) is 4.52. The number of hydrogen-bond donors (Lipinski definition) is 0. The van der Waals surface area contributed by atoms with Crippen molar-refractivity contribution in [2.75, 3.05) is 0 Å². The summed E-state index contributed by atoms with van der Waals surface area (Å²) in [5, 5.41) is 0. The minimum atomic E-state index is -4.46. The van der Waals surface area contributed by atoms with Crippen LogP contribution in [0.1, 0.15) is 19.8 Å². The number of rotatable bonds is 2. The summed E-state index contributed by atoms with van der Waals surface area (Å²) in [7, 11) is 0. The summed E-state index contributed by atoms with van der Waals surface area (Å²) >= 11 is 0. The number of alkyl halides is 3. The average Bonchev–Trinajstić information content (AvgIpc) is 2.72. The molecule has 1 saturated carbocycles. The molecule has 0 aromatic heterocycles. The third kappa shape index (κ3) is 2.08. The van der Waals surface area contributed by atoms with Crippen LogP contribution in [-0.4, -0.2) is 18.2 Å². The smallest absolute Gasteiger partial charge is 0.425 e. The molecule has 0 aromatic carbocycles. The first-order valence-corrected chi connectivity index (χ1v) is 5.30. The van der Waals surface area contributed by atoms with Crippen LogP contribution in [0.2, 0.25) is 0 Å². The van der Waals surface area contributed by atoms with Gasteiger partial charge in [0.1, 0.15) is 0 Å². The summed E-state index contributed by atoms with van der Waals surface area (Å²) in [6, 6.07) is 0. The molecule has 5 heteroatoms. The summed E-state index contributed by atoms with van der Waals surface area (Å²) < 4.78 is 42.7. The zero-order valence-electron chi connectivity index (χ0n) is 8.83. The SMILES string of the molecule is CC(=O)OC(C1CC2C=CC1C2)C(F)(F)F. The van der Waals surface area contributed by atoms with Gasteiger partial charge in [0.25, 0.3) is 0 Å². The quantitative estimate of drug-likeness (QED) is 0.542. The molecule has 0 amide bonds. The lowest BCUT2D eigenvalue weighted by Crippen LogP contribution is -2.41. The zero-order valence-corrected chi connectivity index (χ0v) is 8.83. The molecule has 2 aliphatic carbocycles. The van der Waals surface area contributed by atoms with Crippen LogP contribution in [0.4, 0.5) is 13.2 Å². The van der Waals surface area contributed by atoms with Gasteiger partial charge in [-0.2, -0.15) is 13.2 Å². The molecule has 2 bridgehead atoms. The van der Waals surface area contributed by atoms with E-state index in [1.807, 2.05) is 12.2 Å². The first kappa shape index (κ1) is 11.5. The van der Waals surface area contributed by atoms with E-state index in [9.17, 15) is 18.0 Å². The number of esters is 1. The molecule has 4 unspecified atom stereocenters. The lowest BCUT2D eigenvalue weighted by molar-refractivity contribution is -0.235. The van der Waals surface area contributed by atoms with E-state index in [0.29, 0.717) is 6.42 Å². The van der Waals surface area contributed by atoms with Gasteiger partial charge in [0.05, 0.1) is 0 Å². The van der Waals surface area contributed by atoms with Crippen LogP contribution in [-0.2, 0) is 9.53 Å². The van der Waals surface area contributed by atoms with Crippen LogP contribution in [0.15, 0.2) is 12.2 Å². The lowest BCUT2D eigenvalue weighted by atomic mass is 9.88. The normalized spacial score (nSPS) is 34.1. The molecule has 0 N–H and O–H groups in total. The van der Waals surface area contributed by atoms with Crippen molar-refractivity contribution in [3.63, 3.8) is 0 Å². The van der Waals surface area contributed by atoms with Gasteiger partial charge in [-0.1, -0.05) is 12.2 Å². The van der Waals surface area contributed by atoms with Crippen LogP contribution in [0.25, 0.3) is 0 Å². The molecule has 0 aromatic rings. The van der Waals surface area contributed by atoms with Gasteiger partial charge in [0.2, 0.25) is 6.10 Å². The van der Waals surface area contributed by atoms with Crippen molar-refractivity contribution in [3.8, 4) is 0 Å². The lowest BCUT2D eigenvalue weighted by Gasteiger charge is -2.29. The molecule has 2 aliphatic rings. The maximum atomic E-state index is 12.8. The Morgan fingerprint density at radius 1 is 1.38 bits per heavy atom. The van der Waals surface area contributed by atoms with E-state index < -0.39 is 24.2 Å². The number of fused-ring (bicyclic) bond motifs is 2. The molecule has 0 radical (unpaired) electrons. The van der Waals surface area contributed by atoms with E-state index in [4.69, 9.17) is 0 Å². The second-order valence-corrected chi connectivity index (χ2v) is 4.52. The molecule has 0 aliphatic heterocycles. The molecular weight excluding hydrogens is 221 g/mol. The Morgan fingerprint density at radius 3 is 2.44 bits per heavy atom. The molecule has 0 heterocycles. The van der Waals surface area contributed by atoms with Gasteiger partial charge in [-0.15, -0.1) is 0 Å². The number of ether oxygens (including phenoxy) is 1. The van der Waals surface area contributed by atoms with Crippen LogP contribution in [0.5, 0.6) is 0 Å². The van der Waals surface area contributed by atoms with Gasteiger partial charge in [-0.05, 0) is 24.7 Å². The van der Waals surface area contributed by atoms with Crippen molar-refractivity contribution >= 4 is 5.97 Å². The first-order chi connectivity index (χ1) is 7.38. The summed E-state index contributed by atoms with van der Waals surface area (Å²) in [5.74, 6) is -1.32. The molecule has 0 spiro atoms. The van der Waals surface area contributed by atoms with Gasteiger partial charge in [0.15, 0.2) is 0 Å². The van der Waals surface area contributed by atoms with Gasteiger partial charge in [0, 0.05) is 12.8 Å². The molecule has 1 fully saturated rings. The molecule has 4 atom stereocenters. The molecule has 90 valence electrons. The van der Waals surface area contributed by atoms with Crippen molar-refractivity contribution in [3.05, 3.63) is 12.2 Å². The Balaban J connectivity index is 2.13. The fraction of sp³-hybridized carbons (Fsp3) is 0.727. The third-order valence-corrected chi connectivity index (χ3v) is 3.33. The second kappa shape index (κ2) is 3.79. The summed E-state index contributed by atoms with van der Waals surface area (Å²) in [5.41, 5.74) is 0. The molecular formula is C11H13F3O2. The molecule has 16 heavy (non-hydrogen) atoms. The first-order valence-electron chi connectivity index (χ1n) is 5.30.